The van der Waals surface area contributed by atoms with E-state index in [9.17, 15) is 9.18 Å². The van der Waals surface area contributed by atoms with Crippen molar-refractivity contribution in [3.05, 3.63) is 63.5 Å². The summed E-state index contributed by atoms with van der Waals surface area (Å²) in [5.41, 5.74) is 6.85. The van der Waals surface area contributed by atoms with Crippen LogP contribution in [0.4, 0.5) is 10.1 Å². The Morgan fingerprint density at radius 3 is 2.45 bits per heavy atom. The Balaban J connectivity index is 1.84. The zero-order valence-corrected chi connectivity index (χ0v) is 13.6. The van der Waals surface area contributed by atoms with Crippen molar-refractivity contribution >= 4 is 40.0 Å². The number of oxime groups is 1. The van der Waals surface area contributed by atoms with E-state index < -0.39 is 0 Å². The molecule has 0 aromatic heterocycles. The first kappa shape index (κ1) is 16.2. The van der Waals surface area contributed by atoms with Gasteiger partial charge in [0.15, 0.2) is 12.4 Å². The van der Waals surface area contributed by atoms with Crippen molar-refractivity contribution in [2.45, 2.75) is 0 Å². The second-order valence-electron chi connectivity index (χ2n) is 4.31. The second kappa shape index (κ2) is 7.74. The monoisotopic (exact) mass is 413 g/mol. The van der Waals surface area contributed by atoms with Crippen LogP contribution in [0, 0.1) is 9.39 Å². The number of hydrogen-bond donors (Lipinski definition) is 2. The lowest BCUT2D eigenvalue weighted by Gasteiger charge is -2.05. The molecule has 2 aromatic carbocycles. The molecule has 0 saturated carbocycles. The Morgan fingerprint density at radius 1 is 1.18 bits per heavy atom. The van der Waals surface area contributed by atoms with Gasteiger partial charge in [0.1, 0.15) is 5.82 Å². The maximum atomic E-state index is 12.8. The predicted octanol–water partition coefficient (Wildman–Crippen LogP) is 2.71. The van der Waals surface area contributed by atoms with Gasteiger partial charge in [-0.1, -0.05) is 5.16 Å². The van der Waals surface area contributed by atoms with E-state index in [0.717, 1.165) is 3.57 Å². The summed E-state index contributed by atoms with van der Waals surface area (Å²) < 4.78 is 13.8. The van der Waals surface area contributed by atoms with Crippen molar-refractivity contribution in [1.82, 2.24) is 0 Å². The zero-order chi connectivity index (χ0) is 15.9. The van der Waals surface area contributed by atoms with Crippen molar-refractivity contribution in [3.63, 3.8) is 0 Å². The van der Waals surface area contributed by atoms with Crippen LogP contribution >= 0.6 is 22.6 Å². The highest BCUT2D eigenvalue weighted by molar-refractivity contribution is 14.1. The number of hydrogen-bond acceptors (Lipinski definition) is 3. The molecule has 0 aliphatic rings. The molecule has 5 nitrogen and oxygen atoms in total. The molecule has 0 spiro atoms. The standard InChI is InChI=1S/C15H13FIN3O2/c16-11-3-1-10(2-4-11)15(18)20-22-9-14(21)19-13-7-5-12(17)6-8-13/h1-8H,9H2,(H2,18,20)(H,19,21). The van der Waals surface area contributed by atoms with E-state index in [0.29, 0.717) is 11.3 Å². The molecule has 1 amide bonds. The van der Waals surface area contributed by atoms with Crippen molar-refractivity contribution in [2.75, 3.05) is 11.9 Å². The van der Waals surface area contributed by atoms with Gasteiger partial charge >= 0.3 is 0 Å². The molecule has 0 aliphatic carbocycles. The number of anilines is 1. The van der Waals surface area contributed by atoms with Crippen LogP contribution in [0.2, 0.25) is 0 Å². The molecule has 0 bridgehead atoms. The third kappa shape index (κ3) is 4.99. The van der Waals surface area contributed by atoms with Crippen molar-refractivity contribution < 1.29 is 14.0 Å². The molecule has 0 atom stereocenters. The maximum Gasteiger partial charge on any atom is 0.265 e. The summed E-state index contributed by atoms with van der Waals surface area (Å²) in [5.74, 6) is -0.645. The van der Waals surface area contributed by atoms with Gasteiger partial charge < -0.3 is 15.9 Å². The van der Waals surface area contributed by atoms with Crippen molar-refractivity contribution in [1.29, 1.82) is 0 Å². The number of nitrogens with one attached hydrogen (secondary N) is 1. The van der Waals surface area contributed by atoms with Gasteiger partial charge in [0.2, 0.25) is 0 Å². The van der Waals surface area contributed by atoms with Gasteiger partial charge in [-0.05, 0) is 71.1 Å². The van der Waals surface area contributed by atoms with Crippen LogP contribution in [0.3, 0.4) is 0 Å². The summed E-state index contributed by atoms with van der Waals surface area (Å²) >= 11 is 2.17. The van der Waals surface area contributed by atoms with E-state index in [-0.39, 0.29) is 24.2 Å². The minimum absolute atomic E-state index is 0.0714. The normalized spacial score (nSPS) is 11.1. The van der Waals surface area contributed by atoms with Crippen LogP contribution < -0.4 is 11.1 Å². The number of rotatable bonds is 5. The Hall–Kier alpha value is -2.16. The van der Waals surface area contributed by atoms with Crippen LogP contribution in [0.25, 0.3) is 0 Å². The van der Waals surface area contributed by atoms with E-state index in [4.69, 9.17) is 10.6 Å². The van der Waals surface area contributed by atoms with Gasteiger partial charge in [-0.2, -0.15) is 0 Å². The molecule has 0 saturated heterocycles. The highest BCUT2D eigenvalue weighted by atomic mass is 127. The van der Waals surface area contributed by atoms with Gasteiger partial charge in [0.05, 0.1) is 0 Å². The Kier molecular flexibility index (Phi) is 5.70. The summed E-state index contributed by atoms with van der Waals surface area (Å²) in [5, 5.41) is 6.29. The number of benzene rings is 2. The van der Waals surface area contributed by atoms with Crippen molar-refractivity contribution in [3.8, 4) is 0 Å². The summed E-state index contributed by atoms with van der Waals surface area (Å²) in [6.07, 6.45) is 0. The number of carbonyl (C=O) groups is 1. The smallest absolute Gasteiger partial charge is 0.265 e. The maximum absolute atomic E-state index is 12.8. The van der Waals surface area contributed by atoms with Gasteiger partial charge in [0.25, 0.3) is 5.91 Å². The van der Waals surface area contributed by atoms with Crippen LogP contribution in [-0.4, -0.2) is 18.3 Å². The summed E-state index contributed by atoms with van der Waals surface area (Å²) in [6, 6.07) is 12.8. The van der Waals surface area contributed by atoms with Gasteiger partial charge in [-0.3, -0.25) is 4.79 Å². The van der Waals surface area contributed by atoms with E-state index in [1.807, 2.05) is 12.1 Å². The fourth-order valence-electron chi connectivity index (χ4n) is 1.56. The lowest BCUT2D eigenvalue weighted by Crippen LogP contribution is -2.19. The first-order valence-corrected chi connectivity index (χ1v) is 7.39. The van der Waals surface area contributed by atoms with Crippen molar-refractivity contribution in [2.24, 2.45) is 10.9 Å². The number of amidine groups is 1. The average molecular weight is 413 g/mol. The molecule has 7 heteroatoms. The molecule has 0 unspecified atom stereocenters. The van der Waals surface area contributed by atoms with Gasteiger partial charge in [-0.15, -0.1) is 0 Å². The number of amides is 1. The Bertz CT molecular complexity index is 672. The van der Waals surface area contributed by atoms with Crippen LogP contribution in [0.1, 0.15) is 5.56 Å². The lowest BCUT2D eigenvalue weighted by atomic mass is 10.2. The van der Waals surface area contributed by atoms with Crippen LogP contribution in [0.5, 0.6) is 0 Å². The molecule has 0 radical (unpaired) electrons. The molecular weight excluding hydrogens is 400 g/mol. The zero-order valence-electron chi connectivity index (χ0n) is 11.4. The van der Waals surface area contributed by atoms with Gasteiger partial charge in [0, 0.05) is 14.8 Å². The van der Waals surface area contributed by atoms with E-state index in [2.05, 4.69) is 33.1 Å². The predicted molar refractivity (Wildman–Crippen MR) is 90.9 cm³/mol. The third-order valence-electron chi connectivity index (χ3n) is 2.63. The van der Waals surface area contributed by atoms with E-state index in [1.165, 1.54) is 24.3 Å². The fourth-order valence-corrected chi connectivity index (χ4v) is 1.92. The molecule has 22 heavy (non-hydrogen) atoms. The molecular formula is C15H13FIN3O2. The minimum atomic E-state index is -0.366. The Morgan fingerprint density at radius 2 is 1.82 bits per heavy atom. The second-order valence-corrected chi connectivity index (χ2v) is 5.56. The number of nitrogens with two attached hydrogens (primary N) is 1. The average Bonchev–Trinajstić information content (AvgIpc) is 2.50. The largest absolute Gasteiger partial charge is 0.384 e. The molecule has 0 aliphatic heterocycles. The molecule has 0 fully saturated rings. The molecule has 3 N–H and O–H groups in total. The fraction of sp³-hybridized carbons (Fsp3) is 0.0667. The topological polar surface area (TPSA) is 76.7 Å². The number of halogens is 2. The van der Waals surface area contributed by atoms with E-state index in [1.54, 1.807) is 12.1 Å². The van der Waals surface area contributed by atoms with E-state index >= 15 is 0 Å². The van der Waals surface area contributed by atoms with Crippen LogP contribution in [-0.2, 0) is 9.63 Å². The third-order valence-corrected chi connectivity index (χ3v) is 3.35. The Labute approximate surface area is 140 Å². The minimum Gasteiger partial charge on any atom is -0.384 e. The van der Waals surface area contributed by atoms with Crippen LogP contribution in [0.15, 0.2) is 53.7 Å². The molecule has 2 rings (SSSR count). The van der Waals surface area contributed by atoms with Gasteiger partial charge in [-0.25, -0.2) is 4.39 Å². The molecule has 0 heterocycles. The molecule has 114 valence electrons. The SMILES string of the molecule is N/C(=N\OCC(=O)Nc1ccc(I)cc1)c1ccc(F)cc1. The quantitative estimate of drug-likeness (QED) is 0.343. The lowest BCUT2D eigenvalue weighted by molar-refractivity contribution is -0.120. The summed E-state index contributed by atoms with van der Waals surface area (Å²) in [6.45, 7) is -0.270. The summed E-state index contributed by atoms with van der Waals surface area (Å²) in [4.78, 5) is 16.6. The molecule has 2 aromatic rings. The first-order valence-electron chi connectivity index (χ1n) is 6.31. The number of carbonyl (C=O) groups excluding carboxylic acids is 1. The summed E-state index contributed by atoms with van der Waals surface area (Å²) in [7, 11) is 0. The number of nitrogens with zero attached hydrogens (tertiary/aromatic N) is 1. The highest BCUT2D eigenvalue weighted by Gasteiger charge is 2.04. The highest BCUT2D eigenvalue weighted by Crippen LogP contribution is 2.10. The first-order chi connectivity index (χ1) is 10.5.